The van der Waals surface area contributed by atoms with Crippen molar-refractivity contribution >= 4 is 10.0 Å². The van der Waals surface area contributed by atoms with Gasteiger partial charge in [-0.3, -0.25) is 0 Å². The maximum absolute atomic E-state index is 12.4. The van der Waals surface area contributed by atoms with Crippen LogP contribution in [0, 0.1) is 11.8 Å². The van der Waals surface area contributed by atoms with Crippen molar-refractivity contribution in [3.8, 4) is 5.75 Å². The zero-order valence-corrected chi connectivity index (χ0v) is 12.5. The van der Waals surface area contributed by atoms with Crippen LogP contribution in [0.25, 0.3) is 0 Å². The molecule has 2 aliphatic rings. The van der Waals surface area contributed by atoms with Crippen molar-refractivity contribution in [1.82, 2.24) is 4.72 Å². The van der Waals surface area contributed by atoms with Crippen LogP contribution in [0.15, 0.2) is 29.2 Å². The summed E-state index contributed by atoms with van der Waals surface area (Å²) < 4.78 is 33.1. The Morgan fingerprint density at radius 3 is 2.15 bits per heavy atom. The molecule has 20 heavy (non-hydrogen) atoms. The molecule has 2 fully saturated rings. The molecule has 1 aromatic carbocycles. The van der Waals surface area contributed by atoms with E-state index in [1.165, 1.54) is 0 Å². The molecule has 0 saturated heterocycles. The zero-order chi connectivity index (χ0) is 14.2. The smallest absolute Gasteiger partial charge is 0.240 e. The Morgan fingerprint density at radius 2 is 1.70 bits per heavy atom. The minimum Gasteiger partial charge on any atom is -0.494 e. The van der Waals surface area contributed by atoms with Crippen molar-refractivity contribution in [2.75, 3.05) is 6.61 Å². The topological polar surface area (TPSA) is 55.4 Å². The van der Waals surface area contributed by atoms with Gasteiger partial charge >= 0.3 is 0 Å². The summed E-state index contributed by atoms with van der Waals surface area (Å²) in [5, 5.41) is 0. The molecular formula is C15H21NO3S. The van der Waals surface area contributed by atoms with Gasteiger partial charge in [0.2, 0.25) is 10.0 Å². The molecule has 4 nitrogen and oxygen atoms in total. The Kier molecular flexibility index (Phi) is 3.73. The van der Waals surface area contributed by atoms with Gasteiger partial charge in [0.1, 0.15) is 5.75 Å². The third-order valence-corrected chi connectivity index (χ3v) is 5.47. The third kappa shape index (κ3) is 3.15. The van der Waals surface area contributed by atoms with Crippen LogP contribution >= 0.6 is 0 Å². The van der Waals surface area contributed by atoms with Gasteiger partial charge in [-0.05, 0) is 68.7 Å². The quantitative estimate of drug-likeness (QED) is 0.841. The van der Waals surface area contributed by atoms with Crippen molar-refractivity contribution in [2.24, 2.45) is 11.8 Å². The van der Waals surface area contributed by atoms with Gasteiger partial charge < -0.3 is 4.74 Å². The molecule has 3 rings (SSSR count). The molecule has 5 heteroatoms. The highest BCUT2D eigenvalue weighted by molar-refractivity contribution is 7.89. The lowest BCUT2D eigenvalue weighted by Crippen LogP contribution is -2.38. The molecular weight excluding hydrogens is 274 g/mol. The number of sulfonamides is 1. The van der Waals surface area contributed by atoms with E-state index in [4.69, 9.17) is 4.74 Å². The van der Waals surface area contributed by atoms with Gasteiger partial charge in [-0.2, -0.15) is 0 Å². The summed E-state index contributed by atoms with van der Waals surface area (Å²) in [5.41, 5.74) is 0. The first-order valence-electron chi connectivity index (χ1n) is 7.35. The van der Waals surface area contributed by atoms with Crippen LogP contribution in [0.3, 0.4) is 0 Å². The Bertz CT molecular complexity index is 547. The van der Waals surface area contributed by atoms with E-state index in [1.54, 1.807) is 24.3 Å². The Morgan fingerprint density at radius 1 is 1.15 bits per heavy atom. The maximum Gasteiger partial charge on any atom is 0.240 e. The Hall–Kier alpha value is -1.07. The molecule has 1 aromatic rings. The van der Waals surface area contributed by atoms with Crippen LogP contribution in [0.4, 0.5) is 0 Å². The lowest BCUT2D eigenvalue weighted by molar-refractivity contribution is 0.340. The van der Waals surface area contributed by atoms with E-state index >= 15 is 0 Å². The first kappa shape index (κ1) is 13.9. The third-order valence-electron chi connectivity index (χ3n) is 4.00. The van der Waals surface area contributed by atoms with Gasteiger partial charge in [-0.15, -0.1) is 0 Å². The molecule has 0 heterocycles. The molecule has 0 bridgehead atoms. The summed E-state index contributed by atoms with van der Waals surface area (Å²) in [6.45, 7) is 2.48. The van der Waals surface area contributed by atoms with Gasteiger partial charge in [0.15, 0.2) is 0 Å². The van der Waals surface area contributed by atoms with E-state index in [1.807, 2.05) is 6.92 Å². The molecule has 0 aliphatic heterocycles. The molecule has 2 saturated carbocycles. The number of nitrogens with one attached hydrogen (secondary N) is 1. The average molecular weight is 295 g/mol. The fraction of sp³-hybridized carbons (Fsp3) is 0.600. The second-order valence-electron chi connectivity index (χ2n) is 5.73. The minimum absolute atomic E-state index is 0.145. The van der Waals surface area contributed by atoms with Crippen LogP contribution in [-0.2, 0) is 10.0 Å². The predicted molar refractivity (Wildman–Crippen MR) is 77.2 cm³/mol. The summed E-state index contributed by atoms with van der Waals surface area (Å²) in [7, 11) is -3.41. The fourth-order valence-corrected chi connectivity index (χ4v) is 3.99. The lowest BCUT2D eigenvalue weighted by atomic mass is 10.1. The van der Waals surface area contributed by atoms with E-state index in [-0.39, 0.29) is 6.04 Å². The largest absolute Gasteiger partial charge is 0.494 e. The van der Waals surface area contributed by atoms with E-state index in [2.05, 4.69) is 4.72 Å². The molecule has 2 aliphatic carbocycles. The molecule has 0 radical (unpaired) electrons. The van der Waals surface area contributed by atoms with E-state index in [0.717, 1.165) is 25.7 Å². The number of hydrogen-bond acceptors (Lipinski definition) is 3. The van der Waals surface area contributed by atoms with Crippen molar-refractivity contribution < 1.29 is 13.2 Å². The molecule has 110 valence electrons. The summed E-state index contributed by atoms with van der Waals surface area (Å²) >= 11 is 0. The van der Waals surface area contributed by atoms with Crippen molar-refractivity contribution in [1.29, 1.82) is 0 Å². The second kappa shape index (κ2) is 5.37. The lowest BCUT2D eigenvalue weighted by Gasteiger charge is -2.17. The second-order valence-corrected chi connectivity index (χ2v) is 7.44. The predicted octanol–water partition coefficient (Wildman–Crippen LogP) is 2.55. The SMILES string of the molecule is CCOc1ccc(S(=O)(=O)NC(C2CC2)C2CC2)cc1. The molecule has 0 atom stereocenters. The summed E-state index contributed by atoms with van der Waals surface area (Å²) in [6.07, 6.45) is 4.64. The van der Waals surface area contributed by atoms with Gasteiger partial charge in [0, 0.05) is 6.04 Å². The van der Waals surface area contributed by atoms with Gasteiger partial charge in [-0.1, -0.05) is 0 Å². The van der Waals surface area contributed by atoms with E-state index in [9.17, 15) is 8.42 Å². The summed E-state index contributed by atoms with van der Waals surface area (Å²) in [4.78, 5) is 0.326. The Balaban J connectivity index is 1.73. The molecule has 1 N–H and O–H groups in total. The standard InChI is InChI=1S/C15H21NO3S/c1-2-19-13-7-9-14(10-8-13)20(17,18)16-15(11-3-4-11)12-5-6-12/h7-12,15-16H,2-6H2,1H3. The highest BCUT2D eigenvalue weighted by atomic mass is 32.2. The van der Waals surface area contributed by atoms with Crippen LogP contribution in [0.2, 0.25) is 0 Å². The molecule has 0 spiro atoms. The summed E-state index contributed by atoms with van der Waals surface area (Å²) in [5.74, 6) is 1.81. The fourth-order valence-electron chi connectivity index (χ4n) is 2.62. The van der Waals surface area contributed by atoms with Crippen molar-refractivity contribution in [2.45, 2.75) is 43.5 Å². The van der Waals surface area contributed by atoms with Crippen molar-refractivity contribution in [3.05, 3.63) is 24.3 Å². The number of benzene rings is 1. The maximum atomic E-state index is 12.4. The van der Waals surface area contributed by atoms with Gasteiger partial charge in [-0.25, -0.2) is 13.1 Å². The number of ether oxygens (including phenoxy) is 1. The summed E-state index contributed by atoms with van der Waals surface area (Å²) in [6, 6.07) is 6.79. The monoisotopic (exact) mass is 295 g/mol. The number of rotatable bonds is 7. The average Bonchev–Trinajstić information content (AvgIpc) is 3.29. The zero-order valence-electron chi connectivity index (χ0n) is 11.7. The van der Waals surface area contributed by atoms with Crippen molar-refractivity contribution in [3.63, 3.8) is 0 Å². The number of hydrogen-bond donors (Lipinski definition) is 1. The van der Waals surface area contributed by atoms with E-state index in [0.29, 0.717) is 29.1 Å². The van der Waals surface area contributed by atoms with Crippen LogP contribution in [0.5, 0.6) is 5.75 Å². The first-order valence-corrected chi connectivity index (χ1v) is 8.83. The normalized spacial score (nSPS) is 19.3. The van der Waals surface area contributed by atoms with Gasteiger partial charge in [0.25, 0.3) is 0 Å². The molecule has 0 unspecified atom stereocenters. The van der Waals surface area contributed by atoms with E-state index < -0.39 is 10.0 Å². The molecule has 0 amide bonds. The van der Waals surface area contributed by atoms with Crippen LogP contribution in [0.1, 0.15) is 32.6 Å². The van der Waals surface area contributed by atoms with Crippen LogP contribution < -0.4 is 9.46 Å². The van der Waals surface area contributed by atoms with Crippen LogP contribution in [-0.4, -0.2) is 21.1 Å². The highest BCUT2D eigenvalue weighted by Gasteiger charge is 2.43. The molecule has 0 aromatic heterocycles. The minimum atomic E-state index is -3.41. The Labute approximate surface area is 120 Å². The van der Waals surface area contributed by atoms with Gasteiger partial charge in [0.05, 0.1) is 11.5 Å². The first-order chi connectivity index (χ1) is 9.60. The highest BCUT2D eigenvalue weighted by Crippen LogP contribution is 2.45.